The van der Waals surface area contributed by atoms with Crippen molar-refractivity contribution in [1.82, 2.24) is 0 Å². The first kappa shape index (κ1) is 30.5. The van der Waals surface area contributed by atoms with E-state index in [1.54, 1.807) is 32.8 Å². The van der Waals surface area contributed by atoms with Crippen molar-refractivity contribution in [3.05, 3.63) is 69.4 Å². The monoisotopic (exact) mass is 608 g/mol. The molecule has 0 saturated carbocycles. The molecule has 0 fully saturated rings. The van der Waals surface area contributed by atoms with Gasteiger partial charge in [0.25, 0.3) is 5.91 Å². The summed E-state index contributed by atoms with van der Waals surface area (Å²) in [7, 11) is 3.40. The number of ketones is 2. The van der Waals surface area contributed by atoms with Crippen LogP contribution >= 0.6 is 0 Å². The first-order valence-electron chi connectivity index (χ1n) is 14.0. The number of urea groups is 1. The lowest BCUT2D eigenvalue weighted by atomic mass is 9.60. The molecule has 0 heterocycles. The number of primary amides is 1. The molecule has 3 amide bonds. The van der Waals surface area contributed by atoms with Crippen molar-refractivity contribution in [2.45, 2.75) is 44.6 Å². The summed E-state index contributed by atoms with van der Waals surface area (Å²) in [6.07, 6.45) is -0.226. The van der Waals surface area contributed by atoms with Crippen LogP contribution in [-0.2, 0) is 16.0 Å². The molecular formula is C31H33FN4O8. The number of anilines is 3. The molecule has 232 valence electrons. The van der Waals surface area contributed by atoms with Crippen LogP contribution < -0.4 is 21.3 Å². The Morgan fingerprint density at radius 3 is 2.39 bits per heavy atom. The van der Waals surface area contributed by atoms with E-state index >= 15 is 0 Å². The topological polar surface area (TPSA) is 203 Å². The smallest absolute Gasteiger partial charge is 0.323 e. The average Bonchev–Trinajstić information content (AvgIpc) is 2.92. The molecule has 3 aliphatic carbocycles. The third-order valence-electron chi connectivity index (χ3n) is 8.64. The van der Waals surface area contributed by atoms with Gasteiger partial charge in [-0.1, -0.05) is 13.8 Å². The second-order valence-electron chi connectivity index (χ2n) is 11.9. The third kappa shape index (κ3) is 4.64. The lowest BCUT2D eigenvalue weighted by Crippen LogP contribution is -2.57. The van der Waals surface area contributed by atoms with Crippen molar-refractivity contribution < 1.29 is 44.0 Å². The molecule has 0 unspecified atom stereocenters. The number of rotatable bonds is 5. The number of aliphatic hydroxyl groups is 3. The molecule has 2 aromatic rings. The van der Waals surface area contributed by atoms with Crippen molar-refractivity contribution in [3.63, 3.8) is 0 Å². The third-order valence-corrected chi connectivity index (χ3v) is 8.64. The second kappa shape index (κ2) is 10.7. The number of aromatic hydroxyl groups is 1. The minimum Gasteiger partial charge on any atom is -0.511 e. The number of amides is 3. The number of allylic oxidation sites excluding steroid dienone is 2. The van der Waals surface area contributed by atoms with Crippen LogP contribution in [0.3, 0.4) is 0 Å². The highest BCUT2D eigenvalue weighted by Crippen LogP contribution is 2.53. The summed E-state index contributed by atoms with van der Waals surface area (Å²) in [4.78, 5) is 53.7. The summed E-state index contributed by atoms with van der Waals surface area (Å²) in [5.41, 5.74) is 2.58. The summed E-state index contributed by atoms with van der Waals surface area (Å²) in [5.74, 6) is -7.97. The number of nitrogens with one attached hydrogen (secondary N) is 2. The van der Waals surface area contributed by atoms with Gasteiger partial charge in [-0.3, -0.25) is 14.4 Å². The Morgan fingerprint density at radius 1 is 1.09 bits per heavy atom. The number of phenols is 1. The summed E-state index contributed by atoms with van der Waals surface area (Å²) in [6.45, 7) is 3.61. The zero-order valence-corrected chi connectivity index (χ0v) is 24.5. The molecule has 12 nitrogen and oxygen atoms in total. The maximum absolute atomic E-state index is 14.1. The van der Waals surface area contributed by atoms with Crippen LogP contribution in [0.1, 0.15) is 54.1 Å². The first-order valence-corrected chi connectivity index (χ1v) is 14.0. The highest BCUT2D eigenvalue weighted by molar-refractivity contribution is 6.24. The second-order valence-corrected chi connectivity index (χ2v) is 11.9. The van der Waals surface area contributed by atoms with Gasteiger partial charge in [0, 0.05) is 43.4 Å². The van der Waals surface area contributed by atoms with Crippen LogP contribution in [0, 0.1) is 17.7 Å². The summed E-state index contributed by atoms with van der Waals surface area (Å²) < 4.78 is 14.1. The van der Waals surface area contributed by atoms with Gasteiger partial charge >= 0.3 is 6.03 Å². The summed E-state index contributed by atoms with van der Waals surface area (Å²) in [6, 6.07) is 4.79. The van der Waals surface area contributed by atoms with E-state index in [1.165, 1.54) is 24.3 Å². The number of phenolic OH excluding ortho intramolecular Hbond substituents is 1. The molecule has 0 spiro atoms. The van der Waals surface area contributed by atoms with Crippen LogP contribution in [0.5, 0.6) is 5.75 Å². The van der Waals surface area contributed by atoms with Crippen LogP contribution in [0.25, 0.3) is 0 Å². The summed E-state index contributed by atoms with van der Waals surface area (Å²) in [5, 5.41) is 49.4. The minimum atomic E-state index is -2.69. The van der Waals surface area contributed by atoms with Gasteiger partial charge in [0.1, 0.15) is 22.9 Å². The van der Waals surface area contributed by atoms with E-state index in [2.05, 4.69) is 10.6 Å². The number of nitrogens with two attached hydrogens (primary N) is 1. The maximum Gasteiger partial charge on any atom is 0.323 e. The molecule has 2 aromatic carbocycles. The van der Waals surface area contributed by atoms with Gasteiger partial charge in [-0.2, -0.15) is 0 Å². The fourth-order valence-corrected chi connectivity index (χ4v) is 6.51. The van der Waals surface area contributed by atoms with Crippen molar-refractivity contribution >= 4 is 40.6 Å². The highest BCUT2D eigenvalue weighted by Gasteiger charge is 2.59. The van der Waals surface area contributed by atoms with Crippen molar-refractivity contribution in [1.29, 1.82) is 0 Å². The normalized spacial score (nSPS) is 22.8. The maximum atomic E-state index is 14.1. The van der Waals surface area contributed by atoms with Crippen molar-refractivity contribution in [2.75, 3.05) is 29.6 Å². The number of nitrogens with zero attached hydrogens (tertiary/aromatic N) is 1. The van der Waals surface area contributed by atoms with Crippen molar-refractivity contribution in [3.8, 4) is 5.75 Å². The van der Waals surface area contributed by atoms with Crippen LogP contribution in [0.15, 0.2) is 46.9 Å². The van der Waals surface area contributed by atoms with E-state index in [4.69, 9.17) is 5.73 Å². The molecule has 5 rings (SSSR count). The number of carbonyl (C=O) groups excluding carboxylic acids is 4. The molecule has 0 saturated heterocycles. The summed E-state index contributed by atoms with van der Waals surface area (Å²) >= 11 is 0. The fourth-order valence-electron chi connectivity index (χ4n) is 6.51. The van der Waals surface area contributed by atoms with Gasteiger partial charge in [-0.15, -0.1) is 0 Å². The SMILES string of the molecule is CC(C)c1cc(NC(=O)Nc2cc(N(C)C)c3c(c2O)C(=O)C2=C(O)[C@]4(O)C(=O)C(C(N)=O)=C(O)C[C@@H]4C[C@@H]2C3)ccc1F. The number of Topliss-reactive ketones (excluding diaryl/α,β-unsaturated/α-hetero) is 2. The Kier molecular flexibility index (Phi) is 7.40. The molecule has 3 atom stereocenters. The van der Waals surface area contributed by atoms with E-state index in [1.807, 2.05) is 0 Å². The molecule has 44 heavy (non-hydrogen) atoms. The van der Waals surface area contributed by atoms with Crippen LogP contribution in [0.2, 0.25) is 0 Å². The molecule has 0 bridgehead atoms. The van der Waals surface area contributed by atoms with Gasteiger partial charge in [0.05, 0.1) is 11.3 Å². The van der Waals surface area contributed by atoms with Gasteiger partial charge < -0.3 is 41.7 Å². The van der Waals surface area contributed by atoms with E-state index in [0.29, 0.717) is 22.5 Å². The standard InChI is InChI=1S/C31H33FN4O8/c1-12(2)16-10-15(5-6-18(16)32)34-30(43)35-19-11-20(36(3)4)17-8-13-7-14-9-21(37)24(29(33)42)28(41)31(14,44)27(40)22(13)26(39)23(17)25(19)38/h5-6,10-14,37-38,40,44H,7-9H2,1-4H3,(H2,33,42)(H2,34,35,43)/t13-,14+,31+/m1/s1. The molecule has 0 aromatic heterocycles. The van der Waals surface area contributed by atoms with Gasteiger partial charge in [-0.05, 0) is 60.1 Å². The Bertz CT molecular complexity index is 1710. The number of aliphatic hydroxyl groups excluding tert-OH is 2. The molecule has 13 heteroatoms. The fraction of sp³-hybridized carbons (Fsp3) is 0.355. The molecule has 0 radical (unpaired) electrons. The molecule has 3 aliphatic rings. The largest absolute Gasteiger partial charge is 0.511 e. The van der Waals surface area contributed by atoms with E-state index < -0.39 is 69.6 Å². The predicted molar refractivity (Wildman–Crippen MR) is 158 cm³/mol. The lowest BCUT2D eigenvalue weighted by molar-refractivity contribution is -0.144. The average molecular weight is 609 g/mol. The van der Waals surface area contributed by atoms with Crippen LogP contribution in [-0.4, -0.2) is 63.6 Å². The van der Waals surface area contributed by atoms with E-state index in [9.17, 15) is 44.0 Å². The highest BCUT2D eigenvalue weighted by atomic mass is 19.1. The predicted octanol–water partition coefficient (Wildman–Crippen LogP) is 3.55. The van der Waals surface area contributed by atoms with Crippen LogP contribution in [0.4, 0.5) is 26.2 Å². The molecular weight excluding hydrogens is 575 g/mol. The molecule has 0 aliphatic heterocycles. The Morgan fingerprint density at radius 2 is 1.77 bits per heavy atom. The number of carbonyl (C=O) groups is 4. The number of benzene rings is 2. The zero-order chi connectivity index (χ0) is 32.4. The number of halogens is 1. The lowest BCUT2D eigenvalue weighted by Gasteiger charge is -2.45. The number of hydrogen-bond donors (Lipinski definition) is 7. The van der Waals surface area contributed by atoms with E-state index in [0.717, 1.165) is 0 Å². The van der Waals surface area contributed by atoms with E-state index in [-0.39, 0.29) is 42.0 Å². The number of fused-ring (bicyclic) bond motifs is 3. The quantitative estimate of drug-likeness (QED) is 0.196. The Labute approximate surface area is 251 Å². The number of hydrogen-bond acceptors (Lipinski definition) is 9. The Balaban J connectivity index is 1.55. The van der Waals surface area contributed by atoms with Gasteiger partial charge in [0.15, 0.2) is 17.1 Å². The van der Waals surface area contributed by atoms with Gasteiger partial charge in [-0.25, -0.2) is 9.18 Å². The minimum absolute atomic E-state index is 0.00497. The zero-order valence-electron chi connectivity index (χ0n) is 24.5. The van der Waals surface area contributed by atoms with Gasteiger partial charge in [0.2, 0.25) is 5.78 Å². The van der Waals surface area contributed by atoms with Crippen molar-refractivity contribution in [2.24, 2.45) is 17.6 Å². The molecule has 8 N–H and O–H groups in total. The first-order chi connectivity index (χ1) is 20.6. The Hall–Kier alpha value is -4.91.